The van der Waals surface area contributed by atoms with Crippen LogP contribution >= 0.6 is 0 Å². The average Bonchev–Trinajstić information content (AvgIpc) is 3.23. The highest BCUT2D eigenvalue weighted by molar-refractivity contribution is 5.80. The van der Waals surface area contributed by atoms with Gasteiger partial charge in [0.2, 0.25) is 5.91 Å². The van der Waals surface area contributed by atoms with Crippen molar-refractivity contribution in [2.75, 3.05) is 13.1 Å². The second-order valence-corrected chi connectivity index (χ2v) is 6.24. The van der Waals surface area contributed by atoms with E-state index in [-0.39, 0.29) is 11.8 Å². The molecule has 122 valence electrons. The monoisotopic (exact) mass is 321 g/mol. The zero-order chi connectivity index (χ0) is 16.5. The van der Waals surface area contributed by atoms with Gasteiger partial charge in [0.1, 0.15) is 12.4 Å². The van der Waals surface area contributed by atoms with Crippen LogP contribution in [0.5, 0.6) is 0 Å². The molecule has 3 heterocycles. The van der Waals surface area contributed by atoms with Crippen LogP contribution in [0.15, 0.2) is 42.9 Å². The van der Waals surface area contributed by atoms with Crippen LogP contribution in [0.25, 0.3) is 11.0 Å². The molecule has 1 aliphatic rings. The number of aromatic nitrogens is 4. The predicted molar refractivity (Wildman–Crippen MR) is 90.4 cm³/mol. The van der Waals surface area contributed by atoms with Crippen molar-refractivity contribution in [3.8, 4) is 0 Å². The van der Waals surface area contributed by atoms with E-state index in [2.05, 4.69) is 15.0 Å². The van der Waals surface area contributed by atoms with Gasteiger partial charge in [-0.15, -0.1) is 0 Å². The number of aryl methyl sites for hydroxylation is 1. The van der Waals surface area contributed by atoms with E-state index in [9.17, 15) is 4.79 Å². The molecular formula is C18H19N5O. The molecule has 6 heteroatoms. The molecule has 0 bridgehead atoms. The first kappa shape index (κ1) is 14.8. The lowest BCUT2D eigenvalue weighted by atomic mass is 10.1. The molecule has 0 aliphatic carbocycles. The zero-order valence-electron chi connectivity index (χ0n) is 13.6. The fourth-order valence-corrected chi connectivity index (χ4v) is 3.24. The Kier molecular flexibility index (Phi) is 3.72. The maximum atomic E-state index is 12.6. The molecule has 0 N–H and O–H groups in total. The lowest BCUT2D eigenvalue weighted by Gasteiger charge is -2.17. The molecular weight excluding hydrogens is 302 g/mol. The van der Waals surface area contributed by atoms with Crippen LogP contribution in [0.4, 0.5) is 0 Å². The minimum Gasteiger partial charge on any atom is -0.340 e. The molecule has 0 radical (unpaired) electrons. The molecule has 1 saturated heterocycles. The van der Waals surface area contributed by atoms with Crippen molar-refractivity contribution in [2.45, 2.75) is 25.8 Å². The van der Waals surface area contributed by atoms with E-state index < -0.39 is 0 Å². The number of nitrogens with zero attached hydrogens (tertiary/aromatic N) is 5. The summed E-state index contributed by atoms with van der Waals surface area (Å²) in [5, 5.41) is 0. The van der Waals surface area contributed by atoms with Crippen molar-refractivity contribution >= 4 is 16.9 Å². The highest BCUT2D eigenvalue weighted by atomic mass is 16.2. The summed E-state index contributed by atoms with van der Waals surface area (Å²) in [7, 11) is 0. The molecule has 1 unspecified atom stereocenters. The highest BCUT2D eigenvalue weighted by Crippen LogP contribution is 2.25. The summed E-state index contributed by atoms with van der Waals surface area (Å²) in [5.41, 5.74) is 2.87. The van der Waals surface area contributed by atoms with Crippen LogP contribution in [0, 0.1) is 6.92 Å². The number of carbonyl (C=O) groups is 1. The maximum Gasteiger partial charge on any atom is 0.242 e. The van der Waals surface area contributed by atoms with Gasteiger partial charge in [0.05, 0.1) is 17.4 Å². The van der Waals surface area contributed by atoms with Gasteiger partial charge in [-0.05, 0) is 31.5 Å². The standard InChI is InChI=1S/C18H19N5O/c1-13-6-8-19-18(21-13)14-7-9-22(10-14)17(24)11-23-12-20-15-4-2-3-5-16(15)23/h2-6,8,12,14H,7,9-11H2,1H3. The van der Waals surface area contributed by atoms with Crippen molar-refractivity contribution in [2.24, 2.45) is 0 Å². The van der Waals surface area contributed by atoms with E-state index in [1.165, 1.54) is 0 Å². The summed E-state index contributed by atoms with van der Waals surface area (Å²) in [6, 6.07) is 9.76. The lowest BCUT2D eigenvalue weighted by molar-refractivity contribution is -0.130. The Bertz CT molecular complexity index is 888. The molecule has 6 nitrogen and oxygen atoms in total. The summed E-state index contributed by atoms with van der Waals surface area (Å²) >= 11 is 0. The summed E-state index contributed by atoms with van der Waals surface area (Å²) < 4.78 is 1.91. The molecule has 1 amide bonds. The minimum atomic E-state index is 0.119. The van der Waals surface area contributed by atoms with Gasteiger partial charge in [0.25, 0.3) is 0 Å². The van der Waals surface area contributed by atoms with E-state index >= 15 is 0 Å². The van der Waals surface area contributed by atoms with Gasteiger partial charge in [-0.3, -0.25) is 4.79 Å². The summed E-state index contributed by atoms with van der Waals surface area (Å²) in [6.07, 6.45) is 4.44. The zero-order valence-corrected chi connectivity index (χ0v) is 13.6. The summed E-state index contributed by atoms with van der Waals surface area (Å²) in [4.78, 5) is 27.8. The third kappa shape index (κ3) is 2.75. The van der Waals surface area contributed by atoms with Crippen LogP contribution in [0.2, 0.25) is 0 Å². The number of rotatable bonds is 3. The van der Waals surface area contributed by atoms with Crippen LogP contribution in [-0.4, -0.2) is 43.4 Å². The second kappa shape index (κ2) is 6.03. The second-order valence-electron chi connectivity index (χ2n) is 6.24. The highest BCUT2D eigenvalue weighted by Gasteiger charge is 2.29. The van der Waals surface area contributed by atoms with E-state index in [0.29, 0.717) is 13.1 Å². The number of carbonyl (C=O) groups excluding carboxylic acids is 1. The van der Waals surface area contributed by atoms with Crippen LogP contribution in [-0.2, 0) is 11.3 Å². The molecule has 2 aromatic heterocycles. The Morgan fingerprint density at radius 1 is 1.25 bits per heavy atom. The molecule has 4 rings (SSSR count). The van der Waals surface area contributed by atoms with Crippen LogP contribution in [0.3, 0.4) is 0 Å². The molecule has 1 aromatic carbocycles. The summed E-state index contributed by atoms with van der Waals surface area (Å²) in [6.45, 7) is 3.73. The number of para-hydroxylation sites is 2. The number of benzene rings is 1. The van der Waals surface area contributed by atoms with Crippen molar-refractivity contribution in [1.82, 2.24) is 24.4 Å². The van der Waals surface area contributed by atoms with Gasteiger partial charge in [0.15, 0.2) is 0 Å². The number of hydrogen-bond donors (Lipinski definition) is 0. The lowest BCUT2D eigenvalue weighted by Crippen LogP contribution is -2.31. The fourth-order valence-electron chi connectivity index (χ4n) is 3.24. The van der Waals surface area contributed by atoms with E-state index in [4.69, 9.17) is 0 Å². The number of imidazole rings is 1. The average molecular weight is 321 g/mol. The number of hydrogen-bond acceptors (Lipinski definition) is 4. The third-order valence-electron chi connectivity index (χ3n) is 4.55. The number of likely N-dealkylation sites (tertiary alicyclic amines) is 1. The summed E-state index contributed by atoms with van der Waals surface area (Å²) in [5.74, 6) is 1.19. The van der Waals surface area contributed by atoms with Gasteiger partial charge >= 0.3 is 0 Å². The van der Waals surface area contributed by atoms with Crippen molar-refractivity contribution < 1.29 is 4.79 Å². The van der Waals surface area contributed by atoms with Crippen molar-refractivity contribution in [3.63, 3.8) is 0 Å². The van der Waals surface area contributed by atoms with Gasteiger partial charge in [-0.25, -0.2) is 15.0 Å². The van der Waals surface area contributed by atoms with Gasteiger partial charge < -0.3 is 9.47 Å². The minimum absolute atomic E-state index is 0.119. The molecule has 0 saturated carbocycles. The molecule has 1 atom stereocenters. The molecule has 3 aromatic rings. The van der Waals surface area contributed by atoms with Crippen molar-refractivity contribution in [1.29, 1.82) is 0 Å². The van der Waals surface area contributed by atoms with E-state index in [1.54, 1.807) is 12.5 Å². The molecule has 0 spiro atoms. The quantitative estimate of drug-likeness (QED) is 0.741. The topological polar surface area (TPSA) is 63.9 Å². The van der Waals surface area contributed by atoms with Crippen LogP contribution in [0.1, 0.15) is 23.9 Å². The van der Waals surface area contributed by atoms with Gasteiger partial charge in [0, 0.05) is 30.9 Å². The maximum absolute atomic E-state index is 12.6. The Hall–Kier alpha value is -2.76. The fraction of sp³-hybridized carbons (Fsp3) is 0.333. The Morgan fingerprint density at radius 3 is 3.00 bits per heavy atom. The number of fused-ring (bicyclic) bond motifs is 1. The van der Waals surface area contributed by atoms with Gasteiger partial charge in [-0.2, -0.15) is 0 Å². The smallest absolute Gasteiger partial charge is 0.242 e. The van der Waals surface area contributed by atoms with Gasteiger partial charge in [-0.1, -0.05) is 12.1 Å². The van der Waals surface area contributed by atoms with Crippen LogP contribution < -0.4 is 0 Å². The Morgan fingerprint density at radius 2 is 2.12 bits per heavy atom. The Labute approximate surface area is 140 Å². The first-order chi connectivity index (χ1) is 11.7. The molecule has 24 heavy (non-hydrogen) atoms. The van der Waals surface area contributed by atoms with E-state index in [1.807, 2.05) is 46.7 Å². The predicted octanol–water partition coefficient (Wildman–Crippen LogP) is 2.15. The molecule has 1 aliphatic heterocycles. The molecule has 1 fully saturated rings. The van der Waals surface area contributed by atoms with E-state index in [0.717, 1.165) is 35.5 Å². The first-order valence-corrected chi connectivity index (χ1v) is 8.18. The normalized spacial score (nSPS) is 17.5. The van der Waals surface area contributed by atoms with Crippen molar-refractivity contribution in [3.05, 3.63) is 54.4 Å². The largest absolute Gasteiger partial charge is 0.340 e. The SMILES string of the molecule is Cc1ccnc(C2CCN(C(=O)Cn3cnc4ccccc43)C2)n1. The third-order valence-corrected chi connectivity index (χ3v) is 4.55. The Balaban J connectivity index is 1.46. The number of amides is 1. The first-order valence-electron chi connectivity index (χ1n) is 8.18.